The molecule has 31 heavy (non-hydrogen) atoms. The molecule has 2 heterocycles. The maximum atomic E-state index is 10.7. The predicted molar refractivity (Wildman–Crippen MR) is 116 cm³/mol. The smallest absolute Gasteiger partial charge is 0.158 e. The molecule has 1 saturated carbocycles. The summed E-state index contributed by atoms with van der Waals surface area (Å²) in [6, 6.07) is 0. The van der Waals surface area contributed by atoms with E-state index >= 15 is 0 Å². The van der Waals surface area contributed by atoms with Crippen LogP contribution >= 0.6 is 0 Å². The van der Waals surface area contributed by atoms with E-state index in [1.807, 2.05) is 0 Å². The first kappa shape index (κ1) is 25.1. The summed E-state index contributed by atoms with van der Waals surface area (Å²) in [7, 11) is 0. The van der Waals surface area contributed by atoms with E-state index in [0.717, 1.165) is 58.0 Å². The van der Waals surface area contributed by atoms with E-state index in [-0.39, 0.29) is 43.2 Å². The van der Waals surface area contributed by atoms with Crippen molar-refractivity contribution in [3.8, 4) is 0 Å². The summed E-state index contributed by atoms with van der Waals surface area (Å²) in [5.74, 6) is -0.253. The Kier molecular flexibility index (Phi) is 10.7. The van der Waals surface area contributed by atoms with Crippen LogP contribution in [-0.2, 0) is 18.9 Å². The second kappa shape index (κ2) is 13.2. The van der Waals surface area contributed by atoms with Crippen LogP contribution in [0.15, 0.2) is 12.2 Å². The summed E-state index contributed by atoms with van der Waals surface area (Å²) < 4.78 is 24.0. The van der Waals surface area contributed by atoms with E-state index in [1.54, 1.807) is 0 Å². The molecule has 7 heteroatoms. The van der Waals surface area contributed by atoms with E-state index in [1.165, 1.54) is 0 Å². The maximum Gasteiger partial charge on any atom is 0.158 e. The number of aliphatic hydroxyl groups is 3. The van der Waals surface area contributed by atoms with Crippen molar-refractivity contribution in [3.63, 3.8) is 0 Å². The van der Waals surface area contributed by atoms with Crippen molar-refractivity contribution in [2.75, 3.05) is 19.8 Å². The van der Waals surface area contributed by atoms with Gasteiger partial charge in [-0.2, -0.15) is 0 Å². The van der Waals surface area contributed by atoms with Crippen molar-refractivity contribution in [1.82, 2.24) is 0 Å². The average Bonchev–Trinajstić information content (AvgIpc) is 3.07. The third-order valence-corrected chi connectivity index (χ3v) is 6.70. The first-order valence-corrected chi connectivity index (χ1v) is 12.3. The zero-order chi connectivity index (χ0) is 22.1. The molecule has 2 aliphatic heterocycles. The molecule has 3 unspecified atom stereocenters. The van der Waals surface area contributed by atoms with Crippen LogP contribution in [0.1, 0.15) is 71.1 Å². The first-order chi connectivity index (χ1) is 15.1. The monoisotopic (exact) mass is 442 g/mol. The van der Waals surface area contributed by atoms with E-state index < -0.39 is 12.2 Å². The zero-order valence-corrected chi connectivity index (χ0v) is 18.9. The molecule has 1 aliphatic carbocycles. The van der Waals surface area contributed by atoms with Crippen LogP contribution in [0, 0.1) is 11.8 Å². The minimum Gasteiger partial charge on any atom is -0.394 e. The molecule has 7 nitrogen and oxygen atoms in total. The Morgan fingerprint density at radius 1 is 1.06 bits per heavy atom. The standard InChI is InChI=1S/C24H42O7/c1-2-7-18(30-23-8-3-5-12-28-23)10-11-19-20(14-17(26)16-25)21(27)15-22(19)31-24-9-4-6-13-29-24/h10-11,17-27H,2-9,12-16H2,1H3/b11-10+/t17?,18-,19+,20+,21-,22+,23?,24?/m0/s1. The summed E-state index contributed by atoms with van der Waals surface area (Å²) in [5, 5.41) is 30.1. The minimum absolute atomic E-state index is 0.0548. The van der Waals surface area contributed by atoms with Crippen molar-refractivity contribution >= 4 is 0 Å². The zero-order valence-electron chi connectivity index (χ0n) is 18.9. The number of hydrogen-bond acceptors (Lipinski definition) is 7. The van der Waals surface area contributed by atoms with Gasteiger partial charge in [0.05, 0.1) is 31.0 Å². The molecule has 8 atom stereocenters. The summed E-state index contributed by atoms with van der Waals surface area (Å²) in [4.78, 5) is 0. The molecule has 0 radical (unpaired) electrons. The van der Waals surface area contributed by atoms with Crippen LogP contribution in [0.5, 0.6) is 0 Å². The molecule has 0 amide bonds. The van der Waals surface area contributed by atoms with E-state index in [0.29, 0.717) is 19.4 Å². The Morgan fingerprint density at radius 3 is 2.39 bits per heavy atom. The summed E-state index contributed by atoms with van der Waals surface area (Å²) >= 11 is 0. The summed E-state index contributed by atoms with van der Waals surface area (Å²) in [5.41, 5.74) is 0. The van der Waals surface area contributed by atoms with Gasteiger partial charge in [0, 0.05) is 25.6 Å². The van der Waals surface area contributed by atoms with Crippen LogP contribution in [-0.4, -0.2) is 72.1 Å². The highest BCUT2D eigenvalue weighted by molar-refractivity contribution is 5.05. The Balaban J connectivity index is 1.68. The highest BCUT2D eigenvalue weighted by Gasteiger charge is 2.43. The molecule has 0 aromatic heterocycles. The second-order valence-electron chi connectivity index (χ2n) is 9.23. The molecule has 0 spiro atoms. The Labute approximate surface area is 186 Å². The lowest BCUT2D eigenvalue weighted by Crippen LogP contribution is -2.32. The van der Waals surface area contributed by atoms with E-state index in [9.17, 15) is 15.3 Å². The molecule has 2 saturated heterocycles. The summed E-state index contributed by atoms with van der Waals surface area (Å²) in [6.45, 7) is 3.29. The Bertz CT molecular complexity index is 516. The van der Waals surface area contributed by atoms with Gasteiger partial charge in [-0.25, -0.2) is 0 Å². The summed E-state index contributed by atoms with van der Waals surface area (Å²) in [6.07, 6.45) is 11.0. The molecule has 3 rings (SSSR count). The van der Waals surface area contributed by atoms with Crippen LogP contribution in [0.4, 0.5) is 0 Å². The second-order valence-corrected chi connectivity index (χ2v) is 9.23. The molecular formula is C24H42O7. The minimum atomic E-state index is -0.849. The number of hydrogen-bond donors (Lipinski definition) is 3. The molecule has 3 N–H and O–H groups in total. The third kappa shape index (κ3) is 7.77. The SMILES string of the molecule is CCC[C@@H](/C=C/[C@@H]1[C@@H](CC(O)CO)[C@@H](O)C[C@H]1OC1CCCCO1)OC1CCCCO1. The fourth-order valence-electron chi connectivity index (χ4n) is 4.99. The lowest BCUT2D eigenvalue weighted by atomic mass is 9.87. The van der Waals surface area contributed by atoms with E-state index in [4.69, 9.17) is 18.9 Å². The van der Waals surface area contributed by atoms with E-state index in [2.05, 4.69) is 19.1 Å². The van der Waals surface area contributed by atoms with Gasteiger partial charge in [-0.1, -0.05) is 25.5 Å². The topological polar surface area (TPSA) is 97.6 Å². The lowest BCUT2D eigenvalue weighted by Gasteiger charge is -2.30. The van der Waals surface area contributed by atoms with Crippen LogP contribution in [0.3, 0.4) is 0 Å². The van der Waals surface area contributed by atoms with Gasteiger partial charge in [-0.15, -0.1) is 0 Å². The highest BCUT2D eigenvalue weighted by Crippen LogP contribution is 2.40. The predicted octanol–water partition coefficient (Wildman–Crippen LogP) is 2.91. The number of ether oxygens (including phenoxy) is 4. The Morgan fingerprint density at radius 2 is 1.77 bits per heavy atom. The fourth-order valence-corrected chi connectivity index (χ4v) is 4.99. The first-order valence-electron chi connectivity index (χ1n) is 12.3. The number of rotatable bonds is 11. The van der Waals surface area contributed by atoms with Gasteiger partial charge < -0.3 is 34.3 Å². The van der Waals surface area contributed by atoms with Crippen molar-refractivity contribution in [2.24, 2.45) is 11.8 Å². The van der Waals surface area contributed by atoms with Crippen LogP contribution in [0.25, 0.3) is 0 Å². The Hall–Kier alpha value is -0.540. The van der Waals surface area contributed by atoms with Crippen molar-refractivity contribution in [2.45, 2.75) is 108 Å². The van der Waals surface area contributed by atoms with Gasteiger partial charge in [0.15, 0.2) is 12.6 Å². The fraction of sp³-hybridized carbons (Fsp3) is 0.917. The molecular weight excluding hydrogens is 400 g/mol. The van der Waals surface area contributed by atoms with Crippen LogP contribution in [0.2, 0.25) is 0 Å². The quantitative estimate of drug-likeness (QED) is 0.423. The van der Waals surface area contributed by atoms with Gasteiger partial charge >= 0.3 is 0 Å². The van der Waals surface area contributed by atoms with Crippen LogP contribution < -0.4 is 0 Å². The largest absolute Gasteiger partial charge is 0.394 e. The van der Waals surface area contributed by atoms with Gasteiger partial charge in [-0.05, 0) is 57.3 Å². The lowest BCUT2D eigenvalue weighted by molar-refractivity contribution is -0.193. The third-order valence-electron chi connectivity index (χ3n) is 6.70. The normalized spacial score (nSPS) is 36.6. The molecule has 0 bridgehead atoms. The van der Waals surface area contributed by atoms with Crippen molar-refractivity contribution < 1.29 is 34.3 Å². The highest BCUT2D eigenvalue weighted by atomic mass is 16.7. The van der Waals surface area contributed by atoms with Gasteiger partial charge in [0.25, 0.3) is 0 Å². The van der Waals surface area contributed by atoms with Gasteiger partial charge in [0.2, 0.25) is 0 Å². The molecule has 3 fully saturated rings. The van der Waals surface area contributed by atoms with Gasteiger partial charge in [-0.3, -0.25) is 0 Å². The average molecular weight is 443 g/mol. The van der Waals surface area contributed by atoms with Crippen molar-refractivity contribution in [3.05, 3.63) is 12.2 Å². The van der Waals surface area contributed by atoms with Gasteiger partial charge in [0.1, 0.15) is 0 Å². The molecule has 180 valence electrons. The number of aliphatic hydroxyl groups excluding tert-OH is 3. The molecule has 0 aromatic rings. The molecule has 3 aliphatic rings. The van der Waals surface area contributed by atoms with Crippen molar-refractivity contribution in [1.29, 1.82) is 0 Å². The maximum absolute atomic E-state index is 10.7. The molecule has 0 aromatic carbocycles.